The molecule has 104 valence electrons. The van der Waals surface area contributed by atoms with Gasteiger partial charge in [0, 0.05) is 16.7 Å². The Bertz CT molecular complexity index is 326. The van der Waals surface area contributed by atoms with Crippen molar-refractivity contribution in [3.8, 4) is 0 Å². The van der Waals surface area contributed by atoms with Gasteiger partial charge < -0.3 is 4.74 Å². The summed E-state index contributed by atoms with van der Waals surface area (Å²) in [6, 6.07) is 0. The third-order valence-corrected chi connectivity index (χ3v) is 4.19. The van der Waals surface area contributed by atoms with Crippen LogP contribution in [-0.4, -0.2) is 35.6 Å². The highest BCUT2D eigenvalue weighted by Crippen LogP contribution is 2.40. The van der Waals surface area contributed by atoms with E-state index in [4.69, 9.17) is 4.74 Å². The number of ether oxygens (including phenoxy) is 1. The lowest BCUT2D eigenvalue weighted by Crippen LogP contribution is -2.59. The van der Waals surface area contributed by atoms with Gasteiger partial charge in [0.15, 0.2) is 0 Å². The fraction of sp³-hybridized carbons (Fsp3) is 0.800. The number of carbonyl (C=O) groups is 1. The molecule has 0 radical (unpaired) electrons. The molecule has 0 amide bonds. The largest absolute Gasteiger partial charge is 0.462 e. The molecule has 18 heavy (non-hydrogen) atoms. The Morgan fingerprint density at radius 1 is 1.28 bits per heavy atom. The van der Waals surface area contributed by atoms with Crippen molar-refractivity contribution in [3.05, 3.63) is 12.2 Å². The number of rotatable bonds is 3. The Hall–Kier alpha value is -0.830. The van der Waals surface area contributed by atoms with Crippen LogP contribution in [0.25, 0.3) is 0 Å². The van der Waals surface area contributed by atoms with E-state index in [1.165, 1.54) is 0 Å². The molecule has 3 nitrogen and oxygen atoms in total. The fourth-order valence-corrected chi connectivity index (χ4v) is 3.01. The normalized spacial score (nSPS) is 23.7. The number of nitrogens with zero attached hydrogens (tertiary/aromatic N) is 1. The van der Waals surface area contributed by atoms with Crippen LogP contribution in [-0.2, 0) is 9.53 Å². The van der Waals surface area contributed by atoms with Gasteiger partial charge in [0.1, 0.15) is 0 Å². The second-order valence-electron chi connectivity index (χ2n) is 6.84. The topological polar surface area (TPSA) is 29.5 Å². The van der Waals surface area contributed by atoms with Crippen molar-refractivity contribution in [1.82, 2.24) is 4.90 Å². The standard InChI is InChI=1S/C15H27NO2/c1-11(2)13(17)18-10-12-8-14(3,4)16(7)15(5,6)9-12/h12H,1,8-10H2,2-7H3. The van der Waals surface area contributed by atoms with Gasteiger partial charge in [-0.3, -0.25) is 4.90 Å². The SMILES string of the molecule is C=C(C)C(=O)OCC1CC(C)(C)N(C)C(C)(C)C1. The summed E-state index contributed by atoms with van der Waals surface area (Å²) in [5, 5.41) is 0. The van der Waals surface area contributed by atoms with Crippen molar-refractivity contribution in [1.29, 1.82) is 0 Å². The number of hydrogen-bond acceptors (Lipinski definition) is 3. The van der Waals surface area contributed by atoms with Gasteiger partial charge >= 0.3 is 5.97 Å². The highest BCUT2D eigenvalue weighted by Gasteiger charge is 2.43. The maximum Gasteiger partial charge on any atom is 0.333 e. The van der Waals surface area contributed by atoms with E-state index < -0.39 is 0 Å². The predicted molar refractivity (Wildman–Crippen MR) is 74.4 cm³/mol. The lowest BCUT2D eigenvalue weighted by atomic mass is 9.74. The van der Waals surface area contributed by atoms with Crippen LogP contribution < -0.4 is 0 Å². The summed E-state index contributed by atoms with van der Waals surface area (Å²) in [6.45, 7) is 14.8. The number of carbonyl (C=O) groups excluding carboxylic acids is 1. The van der Waals surface area contributed by atoms with Crippen LogP contribution in [0.2, 0.25) is 0 Å². The summed E-state index contributed by atoms with van der Waals surface area (Å²) in [5.74, 6) is 0.152. The minimum atomic E-state index is -0.274. The Morgan fingerprint density at radius 3 is 2.11 bits per heavy atom. The summed E-state index contributed by atoms with van der Waals surface area (Å²) < 4.78 is 5.31. The summed E-state index contributed by atoms with van der Waals surface area (Å²) in [5.41, 5.74) is 0.755. The van der Waals surface area contributed by atoms with Gasteiger partial charge in [-0.2, -0.15) is 0 Å². The Labute approximate surface area is 111 Å². The number of piperidine rings is 1. The van der Waals surface area contributed by atoms with Crippen LogP contribution >= 0.6 is 0 Å². The number of esters is 1. The van der Waals surface area contributed by atoms with Gasteiger partial charge in [-0.15, -0.1) is 0 Å². The monoisotopic (exact) mass is 253 g/mol. The molecule has 0 aliphatic carbocycles. The van der Waals surface area contributed by atoms with Gasteiger partial charge in [0.05, 0.1) is 6.61 Å². The molecule has 0 unspecified atom stereocenters. The van der Waals surface area contributed by atoms with E-state index in [1.54, 1.807) is 6.92 Å². The molecular formula is C15H27NO2. The van der Waals surface area contributed by atoms with Crippen molar-refractivity contribution < 1.29 is 9.53 Å². The lowest BCUT2D eigenvalue weighted by molar-refractivity contribution is -0.142. The molecule has 0 bridgehead atoms. The van der Waals surface area contributed by atoms with Crippen LogP contribution in [0, 0.1) is 5.92 Å². The molecule has 1 fully saturated rings. The first-order valence-corrected chi connectivity index (χ1v) is 6.63. The molecule has 3 heteroatoms. The molecule has 1 heterocycles. The minimum absolute atomic E-state index is 0.141. The Kier molecular flexibility index (Phi) is 4.26. The van der Waals surface area contributed by atoms with E-state index in [9.17, 15) is 4.79 Å². The van der Waals surface area contributed by atoms with Crippen molar-refractivity contribution in [2.75, 3.05) is 13.7 Å². The van der Waals surface area contributed by atoms with E-state index in [0.717, 1.165) is 12.8 Å². The summed E-state index contributed by atoms with van der Waals surface area (Å²) in [4.78, 5) is 13.9. The van der Waals surface area contributed by atoms with E-state index >= 15 is 0 Å². The molecule has 1 rings (SSSR count). The molecule has 1 aliphatic heterocycles. The molecule has 0 saturated carbocycles. The third-order valence-electron chi connectivity index (χ3n) is 4.19. The zero-order valence-corrected chi connectivity index (χ0v) is 12.7. The molecule has 0 aromatic rings. The number of likely N-dealkylation sites (tertiary alicyclic amines) is 1. The van der Waals surface area contributed by atoms with Crippen LogP contribution in [0.15, 0.2) is 12.2 Å². The smallest absolute Gasteiger partial charge is 0.333 e. The zero-order valence-electron chi connectivity index (χ0n) is 12.7. The predicted octanol–water partition coefficient (Wildman–Crippen LogP) is 3.00. The van der Waals surface area contributed by atoms with Crippen molar-refractivity contribution >= 4 is 5.97 Å². The molecule has 1 saturated heterocycles. The maximum absolute atomic E-state index is 11.4. The van der Waals surface area contributed by atoms with Crippen LogP contribution in [0.4, 0.5) is 0 Å². The van der Waals surface area contributed by atoms with Gasteiger partial charge in [-0.25, -0.2) is 4.79 Å². The quantitative estimate of drug-likeness (QED) is 0.572. The fourth-order valence-electron chi connectivity index (χ4n) is 3.01. The second-order valence-corrected chi connectivity index (χ2v) is 6.84. The molecule has 0 aromatic heterocycles. The van der Waals surface area contributed by atoms with E-state index in [2.05, 4.69) is 46.2 Å². The minimum Gasteiger partial charge on any atom is -0.462 e. The van der Waals surface area contributed by atoms with E-state index in [0.29, 0.717) is 18.1 Å². The Morgan fingerprint density at radius 2 is 1.72 bits per heavy atom. The molecule has 0 aromatic carbocycles. The van der Waals surface area contributed by atoms with Gasteiger partial charge in [0.25, 0.3) is 0 Å². The van der Waals surface area contributed by atoms with Crippen molar-refractivity contribution in [2.24, 2.45) is 5.92 Å². The lowest BCUT2D eigenvalue weighted by Gasteiger charge is -2.53. The number of hydrogen-bond donors (Lipinski definition) is 0. The maximum atomic E-state index is 11.4. The van der Waals surface area contributed by atoms with Gasteiger partial charge in [-0.1, -0.05) is 6.58 Å². The highest BCUT2D eigenvalue weighted by molar-refractivity contribution is 5.86. The highest BCUT2D eigenvalue weighted by atomic mass is 16.5. The van der Waals surface area contributed by atoms with Gasteiger partial charge in [0.2, 0.25) is 0 Å². The van der Waals surface area contributed by atoms with Crippen LogP contribution in [0.5, 0.6) is 0 Å². The van der Waals surface area contributed by atoms with Gasteiger partial charge in [-0.05, 0) is 60.4 Å². The molecular weight excluding hydrogens is 226 g/mol. The first kappa shape index (κ1) is 15.2. The first-order valence-electron chi connectivity index (χ1n) is 6.63. The third kappa shape index (κ3) is 3.35. The average molecular weight is 253 g/mol. The van der Waals surface area contributed by atoms with E-state index in [1.807, 2.05) is 0 Å². The Balaban J connectivity index is 2.64. The molecule has 0 N–H and O–H groups in total. The molecule has 0 spiro atoms. The molecule has 0 atom stereocenters. The van der Waals surface area contributed by atoms with Crippen LogP contribution in [0.1, 0.15) is 47.5 Å². The first-order chi connectivity index (χ1) is 8.06. The summed E-state index contributed by atoms with van der Waals surface area (Å²) >= 11 is 0. The van der Waals surface area contributed by atoms with E-state index in [-0.39, 0.29) is 17.0 Å². The zero-order chi connectivity index (χ0) is 14.1. The van der Waals surface area contributed by atoms with Crippen molar-refractivity contribution in [2.45, 2.75) is 58.5 Å². The second kappa shape index (κ2) is 5.04. The summed E-state index contributed by atoms with van der Waals surface area (Å²) in [7, 11) is 2.18. The summed E-state index contributed by atoms with van der Waals surface area (Å²) in [6.07, 6.45) is 2.10. The van der Waals surface area contributed by atoms with Crippen molar-refractivity contribution in [3.63, 3.8) is 0 Å². The van der Waals surface area contributed by atoms with Crippen LogP contribution in [0.3, 0.4) is 0 Å². The average Bonchev–Trinajstić information content (AvgIpc) is 2.21. The molecule has 1 aliphatic rings.